The number of aromatic nitrogens is 3. The Morgan fingerprint density at radius 1 is 1.17 bits per heavy atom. The molecule has 0 saturated heterocycles. The van der Waals surface area contributed by atoms with Crippen molar-refractivity contribution in [3.05, 3.63) is 41.6 Å². The Bertz CT molecular complexity index is 1300. The van der Waals surface area contributed by atoms with E-state index in [0.717, 1.165) is 32.1 Å². The SMILES string of the molecule is CC(=O)N[C@@H]1CC[C@@H](NC(=O)c2c(C)[nH]c3c(-c4cc(F)ccc4OCC4CC4)ncnc23)[C@H](C)C1. The number of halogens is 1. The van der Waals surface area contributed by atoms with Crippen LogP contribution in [0, 0.1) is 24.6 Å². The molecule has 3 N–H and O–H groups in total. The van der Waals surface area contributed by atoms with Crippen molar-refractivity contribution in [3.63, 3.8) is 0 Å². The highest BCUT2D eigenvalue weighted by Gasteiger charge is 2.31. The Hall–Kier alpha value is -3.49. The highest BCUT2D eigenvalue weighted by atomic mass is 19.1. The van der Waals surface area contributed by atoms with Crippen LogP contribution in [0.1, 0.15) is 62.0 Å². The van der Waals surface area contributed by atoms with Gasteiger partial charge in [-0.2, -0.15) is 0 Å². The molecule has 2 aliphatic rings. The van der Waals surface area contributed by atoms with Gasteiger partial charge in [0.25, 0.3) is 5.91 Å². The molecule has 2 saturated carbocycles. The molecule has 2 aliphatic carbocycles. The van der Waals surface area contributed by atoms with E-state index in [9.17, 15) is 14.0 Å². The summed E-state index contributed by atoms with van der Waals surface area (Å²) in [6.07, 6.45) is 6.11. The van der Waals surface area contributed by atoms with Crippen molar-refractivity contribution in [1.82, 2.24) is 25.6 Å². The van der Waals surface area contributed by atoms with Crippen LogP contribution in [-0.2, 0) is 4.79 Å². The molecule has 0 unspecified atom stereocenters. The van der Waals surface area contributed by atoms with Crippen LogP contribution in [0.2, 0.25) is 0 Å². The zero-order valence-electron chi connectivity index (χ0n) is 20.9. The number of carbonyl (C=O) groups excluding carboxylic acids is 2. The Morgan fingerprint density at radius 2 is 1.97 bits per heavy atom. The van der Waals surface area contributed by atoms with E-state index in [-0.39, 0.29) is 35.6 Å². The van der Waals surface area contributed by atoms with Crippen LogP contribution in [0.3, 0.4) is 0 Å². The van der Waals surface area contributed by atoms with Crippen molar-refractivity contribution < 1.29 is 18.7 Å². The Kier molecular flexibility index (Phi) is 6.64. The smallest absolute Gasteiger partial charge is 0.255 e. The van der Waals surface area contributed by atoms with Gasteiger partial charge >= 0.3 is 0 Å². The predicted molar refractivity (Wildman–Crippen MR) is 134 cm³/mol. The first-order chi connectivity index (χ1) is 17.3. The lowest BCUT2D eigenvalue weighted by atomic mass is 9.82. The largest absolute Gasteiger partial charge is 0.493 e. The average molecular weight is 494 g/mol. The average Bonchev–Trinajstić information content (AvgIpc) is 3.59. The summed E-state index contributed by atoms with van der Waals surface area (Å²) in [7, 11) is 0. The molecule has 2 amide bonds. The first-order valence-electron chi connectivity index (χ1n) is 12.6. The molecule has 9 heteroatoms. The van der Waals surface area contributed by atoms with Crippen LogP contribution in [0.25, 0.3) is 22.3 Å². The Labute approximate surface area is 209 Å². The number of aromatic amines is 1. The fourth-order valence-electron chi connectivity index (χ4n) is 5.18. The normalized spacial score (nSPS) is 21.8. The molecule has 8 nitrogen and oxygen atoms in total. The summed E-state index contributed by atoms with van der Waals surface area (Å²) in [6.45, 7) is 6.04. The van der Waals surface area contributed by atoms with Crippen LogP contribution < -0.4 is 15.4 Å². The number of hydrogen-bond donors (Lipinski definition) is 3. The highest BCUT2D eigenvalue weighted by Crippen LogP contribution is 2.37. The van der Waals surface area contributed by atoms with Crippen LogP contribution in [0.15, 0.2) is 24.5 Å². The highest BCUT2D eigenvalue weighted by molar-refractivity contribution is 6.09. The second-order valence-electron chi connectivity index (χ2n) is 10.2. The van der Waals surface area contributed by atoms with Crippen molar-refractivity contribution in [3.8, 4) is 17.0 Å². The lowest BCUT2D eigenvalue weighted by Crippen LogP contribution is -2.47. The van der Waals surface area contributed by atoms with E-state index in [4.69, 9.17) is 4.74 Å². The number of amides is 2. The summed E-state index contributed by atoms with van der Waals surface area (Å²) >= 11 is 0. The molecule has 190 valence electrons. The third-order valence-electron chi connectivity index (χ3n) is 7.26. The standard InChI is InChI=1S/C27H32FN5O3/c1-14-10-19(32-16(3)34)7-8-21(14)33-27(35)23-15(2)31-26-24(29-13-30-25(23)26)20-11-18(28)6-9-22(20)36-12-17-4-5-17/h6,9,11,13-14,17,19,21,31H,4-5,7-8,10,12H2,1-3H3,(H,32,34)(H,33,35)/t14-,19-,21-/m1/s1. The number of carbonyl (C=O) groups is 2. The van der Waals surface area contributed by atoms with Crippen molar-refractivity contribution in [1.29, 1.82) is 0 Å². The third-order valence-corrected chi connectivity index (χ3v) is 7.26. The molecule has 5 rings (SSSR count). The van der Waals surface area contributed by atoms with Gasteiger partial charge in [0, 0.05) is 30.3 Å². The predicted octanol–water partition coefficient (Wildman–Crippen LogP) is 4.28. The number of ether oxygens (including phenoxy) is 1. The number of rotatable bonds is 7. The van der Waals surface area contributed by atoms with E-state index in [2.05, 4.69) is 32.5 Å². The number of fused-ring (bicyclic) bond motifs is 1. The molecule has 0 spiro atoms. The van der Waals surface area contributed by atoms with Crippen LogP contribution in [0.5, 0.6) is 5.75 Å². The zero-order chi connectivity index (χ0) is 25.4. The number of hydrogen-bond acceptors (Lipinski definition) is 5. The fraction of sp³-hybridized carbons (Fsp3) is 0.481. The summed E-state index contributed by atoms with van der Waals surface area (Å²) < 4.78 is 20.3. The molecule has 0 bridgehead atoms. The van der Waals surface area contributed by atoms with Gasteiger partial charge in [0.15, 0.2) is 0 Å². The summed E-state index contributed by atoms with van der Waals surface area (Å²) in [5, 5.41) is 6.17. The van der Waals surface area contributed by atoms with Gasteiger partial charge in [-0.25, -0.2) is 14.4 Å². The summed E-state index contributed by atoms with van der Waals surface area (Å²) in [4.78, 5) is 37.0. The second kappa shape index (κ2) is 9.87. The van der Waals surface area contributed by atoms with Gasteiger partial charge < -0.3 is 20.4 Å². The molecule has 2 aromatic heterocycles. The molecule has 1 aromatic carbocycles. The maximum atomic E-state index is 14.3. The minimum atomic E-state index is -0.388. The summed E-state index contributed by atoms with van der Waals surface area (Å²) in [5.74, 6) is 0.703. The molecular weight excluding hydrogens is 461 g/mol. The Morgan fingerprint density at radius 3 is 2.69 bits per heavy atom. The lowest BCUT2D eigenvalue weighted by Gasteiger charge is -2.34. The molecule has 0 aliphatic heterocycles. The van der Waals surface area contributed by atoms with Gasteiger partial charge in [0.2, 0.25) is 5.91 Å². The van der Waals surface area contributed by atoms with Crippen LogP contribution in [-0.4, -0.2) is 45.5 Å². The minimum absolute atomic E-state index is 0.00110. The van der Waals surface area contributed by atoms with Crippen molar-refractivity contribution in [2.24, 2.45) is 11.8 Å². The van der Waals surface area contributed by atoms with Crippen molar-refractivity contribution in [2.45, 2.75) is 65.0 Å². The van der Waals surface area contributed by atoms with E-state index in [0.29, 0.717) is 51.8 Å². The molecule has 3 atom stereocenters. The minimum Gasteiger partial charge on any atom is -0.493 e. The summed E-state index contributed by atoms with van der Waals surface area (Å²) in [6, 6.07) is 4.56. The van der Waals surface area contributed by atoms with Gasteiger partial charge in [-0.15, -0.1) is 0 Å². The van der Waals surface area contributed by atoms with E-state index >= 15 is 0 Å². The Balaban J connectivity index is 1.41. The fourth-order valence-corrected chi connectivity index (χ4v) is 5.18. The van der Waals surface area contributed by atoms with E-state index in [1.54, 1.807) is 6.07 Å². The van der Waals surface area contributed by atoms with E-state index in [1.165, 1.54) is 25.4 Å². The number of aryl methyl sites for hydroxylation is 1. The van der Waals surface area contributed by atoms with Gasteiger partial charge in [0.1, 0.15) is 29.1 Å². The first-order valence-corrected chi connectivity index (χ1v) is 12.6. The molecule has 36 heavy (non-hydrogen) atoms. The van der Waals surface area contributed by atoms with Gasteiger partial charge in [-0.05, 0) is 69.1 Å². The van der Waals surface area contributed by atoms with Gasteiger partial charge in [0.05, 0.1) is 17.7 Å². The number of nitrogens with zero attached hydrogens (tertiary/aromatic N) is 2. The third kappa shape index (κ3) is 5.05. The molecule has 3 aromatic rings. The monoisotopic (exact) mass is 493 g/mol. The molecule has 2 fully saturated rings. The first kappa shape index (κ1) is 24.2. The number of H-pyrrole nitrogens is 1. The number of nitrogens with one attached hydrogen (secondary N) is 3. The molecule has 0 radical (unpaired) electrons. The van der Waals surface area contributed by atoms with Gasteiger partial charge in [-0.3, -0.25) is 9.59 Å². The topological polar surface area (TPSA) is 109 Å². The maximum Gasteiger partial charge on any atom is 0.255 e. The van der Waals surface area contributed by atoms with E-state index in [1.807, 2.05) is 6.92 Å². The maximum absolute atomic E-state index is 14.3. The number of benzene rings is 1. The second-order valence-corrected chi connectivity index (χ2v) is 10.2. The van der Waals surface area contributed by atoms with E-state index < -0.39 is 0 Å². The molecular formula is C27H32FN5O3. The van der Waals surface area contributed by atoms with Crippen LogP contribution in [0.4, 0.5) is 4.39 Å². The zero-order valence-corrected chi connectivity index (χ0v) is 20.9. The lowest BCUT2D eigenvalue weighted by molar-refractivity contribution is -0.120. The molecule has 2 heterocycles. The van der Waals surface area contributed by atoms with Crippen molar-refractivity contribution >= 4 is 22.8 Å². The quantitative estimate of drug-likeness (QED) is 0.455. The summed E-state index contributed by atoms with van der Waals surface area (Å²) in [5.41, 5.74) is 3.22. The van der Waals surface area contributed by atoms with Crippen molar-refractivity contribution in [2.75, 3.05) is 6.61 Å². The van der Waals surface area contributed by atoms with Crippen LogP contribution >= 0.6 is 0 Å². The van der Waals surface area contributed by atoms with Gasteiger partial charge in [-0.1, -0.05) is 6.92 Å².